The highest BCUT2D eigenvalue weighted by Gasteiger charge is 2.22. The van der Waals surface area contributed by atoms with Crippen LogP contribution in [0.3, 0.4) is 0 Å². The van der Waals surface area contributed by atoms with E-state index in [1.807, 2.05) is 50.2 Å². The van der Waals surface area contributed by atoms with Crippen molar-refractivity contribution in [1.29, 1.82) is 0 Å². The monoisotopic (exact) mass is 305 g/mol. The van der Waals surface area contributed by atoms with Crippen molar-refractivity contribution in [1.82, 2.24) is 20.4 Å². The standard InChI is InChI=1S/C16H15N7/c1-9-7-13(22-20-9)17-15-11-5-3-4-6-12(11)16(19-15)18-14-8-10(2)21-23-14/h3-8H,1-2H3,(H3,17,18,19,20,21,22,23). The fraction of sp³-hybridized carbons (Fsp3) is 0.125. The molecule has 3 aromatic rings. The van der Waals surface area contributed by atoms with Gasteiger partial charge in [-0.2, -0.15) is 10.2 Å². The molecule has 2 aromatic heterocycles. The van der Waals surface area contributed by atoms with Crippen molar-refractivity contribution in [3.8, 4) is 0 Å². The number of aromatic nitrogens is 4. The molecule has 23 heavy (non-hydrogen) atoms. The van der Waals surface area contributed by atoms with Crippen LogP contribution >= 0.6 is 0 Å². The topological polar surface area (TPSA) is 94.1 Å². The Balaban J connectivity index is 1.74. The summed E-state index contributed by atoms with van der Waals surface area (Å²) in [7, 11) is 0. The van der Waals surface area contributed by atoms with Gasteiger partial charge < -0.3 is 5.32 Å². The number of aromatic amines is 2. The molecule has 4 rings (SSSR count). The zero-order chi connectivity index (χ0) is 15.8. The van der Waals surface area contributed by atoms with Crippen LogP contribution in [-0.2, 0) is 0 Å². The Morgan fingerprint density at radius 2 is 1.70 bits per heavy atom. The molecule has 0 saturated carbocycles. The molecular formula is C16H15N7. The Bertz CT molecular complexity index is 929. The lowest BCUT2D eigenvalue weighted by Gasteiger charge is -2.02. The second kappa shape index (κ2) is 5.20. The molecule has 1 aromatic carbocycles. The van der Waals surface area contributed by atoms with Crippen LogP contribution < -0.4 is 5.32 Å². The summed E-state index contributed by atoms with van der Waals surface area (Å²) in [6.07, 6.45) is 0. The molecule has 0 radical (unpaired) electrons. The molecule has 1 aliphatic rings. The zero-order valence-corrected chi connectivity index (χ0v) is 12.8. The summed E-state index contributed by atoms with van der Waals surface area (Å²) in [5, 5.41) is 17.4. The van der Waals surface area contributed by atoms with E-state index in [2.05, 4.69) is 35.7 Å². The van der Waals surface area contributed by atoms with Crippen LogP contribution in [0.15, 0.2) is 46.4 Å². The van der Waals surface area contributed by atoms with E-state index < -0.39 is 0 Å². The molecule has 0 bridgehead atoms. The Hall–Kier alpha value is -3.22. The van der Waals surface area contributed by atoms with Gasteiger partial charge in [0.2, 0.25) is 0 Å². The molecule has 114 valence electrons. The largest absolute Gasteiger partial charge is 0.323 e. The maximum atomic E-state index is 4.61. The average molecular weight is 305 g/mol. The van der Waals surface area contributed by atoms with E-state index in [4.69, 9.17) is 0 Å². The molecule has 0 spiro atoms. The first kappa shape index (κ1) is 13.4. The normalized spacial score (nSPS) is 14.9. The minimum atomic E-state index is 0.618. The van der Waals surface area contributed by atoms with Crippen LogP contribution in [0, 0.1) is 13.8 Å². The minimum absolute atomic E-state index is 0.618. The number of anilines is 1. The summed E-state index contributed by atoms with van der Waals surface area (Å²) < 4.78 is 0. The number of nitrogens with zero attached hydrogens (tertiary/aromatic N) is 4. The van der Waals surface area contributed by atoms with E-state index in [0.717, 1.165) is 34.2 Å². The third-order valence-corrected chi connectivity index (χ3v) is 3.51. The molecule has 0 amide bonds. The van der Waals surface area contributed by atoms with Gasteiger partial charge in [-0.15, -0.1) is 0 Å². The van der Waals surface area contributed by atoms with Gasteiger partial charge >= 0.3 is 0 Å². The van der Waals surface area contributed by atoms with Crippen molar-refractivity contribution in [3.63, 3.8) is 0 Å². The van der Waals surface area contributed by atoms with Gasteiger partial charge in [0.05, 0.1) is 0 Å². The highest BCUT2D eigenvalue weighted by Crippen LogP contribution is 2.23. The van der Waals surface area contributed by atoms with E-state index in [1.54, 1.807) is 0 Å². The fourth-order valence-corrected chi connectivity index (χ4v) is 2.46. The lowest BCUT2D eigenvalue weighted by atomic mass is 10.1. The van der Waals surface area contributed by atoms with Crippen LogP contribution in [-0.4, -0.2) is 32.1 Å². The highest BCUT2D eigenvalue weighted by molar-refractivity contribution is 6.26. The SMILES string of the molecule is Cc1cc(N=C2N=C(Nc3cc(C)[nH]n3)c3ccccc32)n[nH]1. The number of aryl methyl sites for hydroxylation is 2. The maximum Gasteiger partial charge on any atom is 0.176 e. The van der Waals surface area contributed by atoms with E-state index in [0.29, 0.717) is 11.7 Å². The summed E-state index contributed by atoms with van der Waals surface area (Å²) in [5.41, 5.74) is 3.92. The van der Waals surface area contributed by atoms with Gasteiger partial charge in [-0.05, 0) is 13.8 Å². The van der Waals surface area contributed by atoms with Crippen LogP contribution in [0.4, 0.5) is 11.6 Å². The maximum absolute atomic E-state index is 4.61. The molecule has 7 nitrogen and oxygen atoms in total. The third kappa shape index (κ3) is 2.52. The predicted octanol–water partition coefficient (Wildman–Crippen LogP) is 2.70. The Kier molecular flexibility index (Phi) is 3.04. The van der Waals surface area contributed by atoms with Crippen LogP contribution in [0.1, 0.15) is 22.5 Å². The van der Waals surface area contributed by atoms with Crippen molar-refractivity contribution in [2.24, 2.45) is 9.98 Å². The van der Waals surface area contributed by atoms with E-state index >= 15 is 0 Å². The fourth-order valence-electron chi connectivity index (χ4n) is 2.46. The number of benzene rings is 1. The summed E-state index contributed by atoms with van der Waals surface area (Å²) in [6, 6.07) is 11.8. The first-order valence-corrected chi connectivity index (χ1v) is 7.27. The van der Waals surface area contributed by atoms with Crippen molar-refractivity contribution < 1.29 is 0 Å². The molecular weight excluding hydrogens is 290 g/mol. The van der Waals surface area contributed by atoms with Gasteiger partial charge in [0, 0.05) is 34.6 Å². The summed E-state index contributed by atoms with van der Waals surface area (Å²) in [5.74, 6) is 2.72. The van der Waals surface area contributed by atoms with E-state index in [-0.39, 0.29) is 0 Å². The number of aliphatic imine (C=N–C) groups is 2. The lowest BCUT2D eigenvalue weighted by molar-refractivity contribution is 1.04. The van der Waals surface area contributed by atoms with Crippen LogP contribution in [0.2, 0.25) is 0 Å². The van der Waals surface area contributed by atoms with Crippen molar-refractivity contribution in [2.75, 3.05) is 5.32 Å². The molecule has 3 N–H and O–H groups in total. The van der Waals surface area contributed by atoms with Crippen LogP contribution in [0.25, 0.3) is 0 Å². The number of hydrogen-bond donors (Lipinski definition) is 3. The van der Waals surface area contributed by atoms with Gasteiger partial charge in [0.15, 0.2) is 17.5 Å². The molecule has 7 heteroatoms. The van der Waals surface area contributed by atoms with E-state index in [1.165, 1.54) is 0 Å². The summed E-state index contributed by atoms with van der Waals surface area (Å²) in [4.78, 5) is 9.15. The molecule has 0 unspecified atom stereocenters. The molecule has 3 heterocycles. The van der Waals surface area contributed by atoms with Crippen molar-refractivity contribution >= 4 is 23.3 Å². The van der Waals surface area contributed by atoms with Crippen LogP contribution in [0.5, 0.6) is 0 Å². The first-order chi connectivity index (χ1) is 11.2. The predicted molar refractivity (Wildman–Crippen MR) is 89.4 cm³/mol. The molecule has 0 saturated heterocycles. The first-order valence-electron chi connectivity index (χ1n) is 7.27. The van der Waals surface area contributed by atoms with Gasteiger partial charge in [-0.1, -0.05) is 24.3 Å². The number of amidine groups is 2. The van der Waals surface area contributed by atoms with Crippen molar-refractivity contribution in [2.45, 2.75) is 13.8 Å². The van der Waals surface area contributed by atoms with Gasteiger partial charge in [0.25, 0.3) is 0 Å². The quantitative estimate of drug-likeness (QED) is 0.679. The molecule has 0 atom stereocenters. The lowest BCUT2D eigenvalue weighted by Crippen LogP contribution is -2.11. The highest BCUT2D eigenvalue weighted by atomic mass is 15.2. The van der Waals surface area contributed by atoms with Gasteiger partial charge in [-0.3, -0.25) is 10.2 Å². The number of hydrogen-bond acceptors (Lipinski definition) is 4. The number of nitrogens with one attached hydrogen (secondary N) is 3. The smallest absolute Gasteiger partial charge is 0.176 e. The second-order valence-electron chi connectivity index (χ2n) is 5.41. The molecule has 1 aliphatic heterocycles. The molecule has 0 aliphatic carbocycles. The van der Waals surface area contributed by atoms with E-state index in [9.17, 15) is 0 Å². The average Bonchev–Trinajstić information content (AvgIpc) is 3.22. The van der Waals surface area contributed by atoms with Gasteiger partial charge in [0.1, 0.15) is 5.84 Å². The number of H-pyrrole nitrogens is 2. The zero-order valence-electron chi connectivity index (χ0n) is 12.8. The van der Waals surface area contributed by atoms with Crippen molar-refractivity contribution in [3.05, 3.63) is 58.9 Å². The number of rotatable bonds is 2. The Morgan fingerprint density at radius 3 is 2.39 bits per heavy atom. The minimum Gasteiger partial charge on any atom is -0.323 e. The second-order valence-corrected chi connectivity index (χ2v) is 5.41. The third-order valence-electron chi connectivity index (χ3n) is 3.51. The Morgan fingerprint density at radius 1 is 0.957 bits per heavy atom. The summed E-state index contributed by atoms with van der Waals surface area (Å²) >= 11 is 0. The summed E-state index contributed by atoms with van der Waals surface area (Å²) in [6.45, 7) is 3.89. The Labute approximate surface area is 132 Å². The molecule has 0 fully saturated rings. The van der Waals surface area contributed by atoms with Gasteiger partial charge in [-0.25, -0.2) is 9.98 Å². The number of fused-ring (bicyclic) bond motifs is 1.